The Morgan fingerprint density at radius 3 is 2.34 bits per heavy atom. The van der Waals surface area contributed by atoms with Crippen LogP contribution >= 0.6 is 11.8 Å². The van der Waals surface area contributed by atoms with Gasteiger partial charge in [0.05, 0.1) is 30.1 Å². The van der Waals surface area contributed by atoms with Crippen LogP contribution in [0.5, 0.6) is 0 Å². The summed E-state index contributed by atoms with van der Waals surface area (Å²) >= 11 is 1.06. The van der Waals surface area contributed by atoms with Crippen molar-refractivity contribution in [2.24, 2.45) is 0 Å². The van der Waals surface area contributed by atoms with Gasteiger partial charge in [-0.05, 0) is 32.3 Å². The quantitative estimate of drug-likeness (QED) is 0.0725. The van der Waals surface area contributed by atoms with Crippen LogP contribution in [0.3, 0.4) is 0 Å². The molecule has 0 bridgehead atoms. The first-order valence-electron chi connectivity index (χ1n) is 15.2. The molecule has 1 heterocycles. The van der Waals surface area contributed by atoms with Crippen molar-refractivity contribution in [3.8, 4) is 0 Å². The van der Waals surface area contributed by atoms with E-state index in [2.05, 4.69) is 21.3 Å². The average Bonchev–Trinajstić information content (AvgIpc) is 3.28. The molecule has 1 atom stereocenters. The van der Waals surface area contributed by atoms with Crippen LogP contribution in [0, 0.1) is 0 Å². The predicted molar refractivity (Wildman–Crippen MR) is 174 cm³/mol. The first kappa shape index (κ1) is 42.8. The molecule has 0 aromatic heterocycles. The molecular weight excluding hydrogens is 700 g/mol. The zero-order valence-corrected chi connectivity index (χ0v) is 33.5. The largest absolute Gasteiger partial charge is 1.00 e. The Hall–Kier alpha value is -2.23. The molecule has 0 aliphatic carbocycles. The van der Waals surface area contributed by atoms with Crippen molar-refractivity contribution in [3.05, 3.63) is 52.5 Å². The van der Waals surface area contributed by atoms with Gasteiger partial charge in [0.2, 0.25) is 23.6 Å². The Morgan fingerprint density at radius 1 is 0.979 bits per heavy atom. The molecule has 0 saturated carbocycles. The van der Waals surface area contributed by atoms with Crippen LogP contribution in [-0.2, 0) is 51.3 Å². The van der Waals surface area contributed by atoms with Gasteiger partial charge in [0.1, 0.15) is 12.3 Å². The molecule has 1 fully saturated rings. The molecule has 15 heteroatoms. The summed E-state index contributed by atoms with van der Waals surface area (Å²) in [6.45, 7) is 3.39. The number of benzene rings is 1. The molecule has 1 aliphatic heterocycles. The van der Waals surface area contributed by atoms with Gasteiger partial charge in [0.15, 0.2) is 5.78 Å². The van der Waals surface area contributed by atoms with Crippen molar-refractivity contribution >= 4 is 52.9 Å². The van der Waals surface area contributed by atoms with E-state index in [4.69, 9.17) is 4.74 Å². The standard InChI is InChI=1S/C32H45N5O8S.Rb/c1-22(33-3)15-26(39)16-24-8-10-25(11-9-24)18-36-29(41)20-45-14-13-35-28(40)19-37-31(43)17-27(32(37)44)46-21-30(42)34-12-6-4-5-7-23(2)38;/h8-11,15,27H,4-7,12-14,16-21H2,1-3H3,(H4,33,34,35,36,39,40,41,42);/q;+1/p-1. The maximum atomic E-state index is 12.6. The monoisotopic (exact) mass is 743 g/mol. The number of amides is 5. The Bertz CT molecular complexity index is 1270. The van der Waals surface area contributed by atoms with E-state index in [-0.39, 0.29) is 121 Å². The van der Waals surface area contributed by atoms with E-state index in [0.717, 1.165) is 52.7 Å². The first-order valence-corrected chi connectivity index (χ1v) is 16.3. The molecule has 1 aliphatic rings. The average molecular weight is 744 g/mol. The number of carbonyl (C=O) groups excluding carboxylic acids is 7. The third-order valence-corrected chi connectivity index (χ3v) is 8.05. The number of likely N-dealkylation sites (tertiary alicyclic amines) is 1. The number of imide groups is 1. The number of thioether (sulfide) groups is 1. The molecule has 252 valence electrons. The van der Waals surface area contributed by atoms with Crippen LogP contribution in [0.2, 0.25) is 0 Å². The normalized spacial score (nSPS) is 14.3. The molecule has 13 nitrogen and oxygen atoms in total. The minimum absolute atomic E-state index is 0. The van der Waals surface area contributed by atoms with Crippen molar-refractivity contribution in [2.75, 3.05) is 45.6 Å². The molecule has 0 radical (unpaired) electrons. The van der Waals surface area contributed by atoms with E-state index in [9.17, 15) is 33.6 Å². The molecular formula is C32H44N5O8RbS. The van der Waals surface area contributed by atoms with Gasteiger partial charge >= 0.3 is 58.2 Å². The zero-order chi connectivity index (χ0) is 33.9. The van der Waals surface area contributed by atoms with Crippen LogP contribution < -0.4 is 74.1 Å². The second-order valence-electron chi connectivity index (χ2n) is 10.8. The third-order valence-electron chi connectivity index (χ3n) is 6.85. The maximum absolute atomic E-state index is 12.6. The maximum Gasteiger partial charge on any atom is 1.00 e. The van der Waals surface area contributed by atoms with Crippen LogP contribution in [0.25, 0.3) is 5.32 Å². The van der Waals surface area contributed by atoms with E-state index in [1.807, 2.05) is 31.2 Å². The van der Waals surface area contributed by atoms with Crippen LogP contribution in [-0.4, -0.2) is 96.9 Å². The van der Waals surface area contributed by atoms with Crippen molar-refractivity contribution in [2.45, 2.75) is 64.2 Å². The third kappa shape index (κ3) is 18.2. The summed E-state index contributed by atoms with van der Waals surface area (Å²) in [4.78, 5) is 85.2. The van der Waals surface area contributed by atoms with Crippen molar-refractivity contribution in [3.63, 3.8) is 0 Å². The molecule has 47 heavy (non-hydrogen) atoms. The number of nitrogens with one attached hydrogen (secondary N) is 3. The fourth-order valence-electron chi connectivity index (χ4n) is 4.26. The number of Topliss-reactive ketones (excluding diaryl/α,β-unsaturated/α-hetero) is 1. The molecule has 2 rings (SSSR count). The minimum Gasteiger partial charge on any atom is -0.648 e. The number of allylic oxidation sites excluding steroid dienone is 2. The number of ketones is 2. The first-order chi connectivity index (χ1) is 22.0. The van der Waals surface area contributed by atoms with Gasteiger partial charge in [0, 0.05) is 51.2 Å². The molecule has 0 spiro atoms. The van der Waals surface area contributed by atoms with Crippen LogP contribution in [0.15, 0.2) is 36.0 Å². The number of unbranched alkanes of at least 4 members (excludes halogenated alkanes) is 2. The smallest absolute Gasteiger partial charge is 0.648 e. The summed E-state index contributed by atoms with van der Waals surface area (Å²) in [7, 11) is 1.75. The Labute approximate surface area is 329 Å². The molecule has 5 amide bonds. The fraction of sp³-hybridized carbons (Fsp3) is 0.531. The zero-order valence-electron chi connectivity index (χ0n) is 27.7. The van der Waals surface area contributed by atoms with Crippen LogP contribution in [0.1, 0.15) is 57.1 Å². The number of nitrogens with zero attached hydrogens (tertiary/aromatic N) is 2. The van der Waals surface area contributed by atoms with Gasteiger partial charge in [-0.3, -0.25) is 28.9 Å². The summed E-state index contributed by atoms with van der Waals surface area (Å²) in [5.41, 5.74) is 2.45. The van der Waals surface area contributed by atoms with Crippen molar-refractivity contribution in [1.29, 1.82) is 0 Å². The number of hydrogen-bond acceptors (Lipinski definition) is 10. The number of ether oxygens (including phenoxy) is 1. The summed E-state index contributed by atoms with van der Waals surface area (Å²) in [6.07, 6.45) is 4.64. The van der Waals surface area contributed by atoms with Crippen molar-refractivity contribution < 1.29 is 96.5 Å². The number of rotatable bonds is 22. The summed E-state index contributed by atoms with van der Waals surface area (Å²) in [6, 6.07) is 7.25. The fourth-order valence-corrected chi connectivity index (χ4v) is 5.24. The van der Waals surface area contributed by atoms with Crippen molar-refractivity contribution in [1.82, 2.24) is 20.9 Å². The second-order valence-corrected chi connectivity index (χ2v) is 12.0. The second kappa shape index (κ2) is 24.0. The summed E-state index contributed by atoms with van der Waals surface area (Å²) in [5, 5.41) is 11.5. The van der Waals surface area contributed by atoms with Gasteiger partial charge < -0.3 is 35.6 Å². The van der Waals surface area contributed by atoms with Crippen LogP contribution in [0.4, 0.5) is 0 Å². The van der Waals surface area contributed by atoms with E-state index in [1.165, 1.54) is 0 Å². The SMILES string of the molecule is CN/C(C)=C\C(=O)Cc1ccc(C[N-]C(=O)COCCNC(=O)CN2C(=O)CC(SCC(=O)NCCCCCC(C)=O)C2=O)cc1.[Rb+]. The molecule has 3 N–H and O–H groups in total. The van der Waals surface area contributed by atoms with Gasteiger partial charge in [0.25, 0.3) is 0 Å². The summed E-state index contributed by atoms with van der Waals surface area (Å²) in [5.74, 6) is -2.10. The van der Waals surface area contributed by atoms with E-state index >= 15 is 0 Å². The predicted octanol–water partition coefficient (Wildman–Crippen LogP) is -1.42. The minimum atomic E-state index is -0.725. The number of carbonyl (C=O) groups is 7. The Morgan fingerprint density at radius 2 is 1.66 bits per heavy atom. The molecule has 1 saturated heterocycles. The molecule has 1 aromatic carbocycles. The molecule has 1 unspecified atom stereocenters. The van der Waals surface area contributed by atoms with E-state index in [0.29, 0.717) is 13.0 Å². The van der Waals surface area contributed by atoms with E-state index in [1.54, 1.807) is 20.0 Å². The van der Waals surface area contributed by atoms with Gasteiger partial charge in [-0.15, -0.1) is 18.3 Å². The summed E-state index contributed by atoms with van der Waals surface area (Å²) < 4.78 is 5.27. The molecule has 1 aromatic rings. The van der Waals surface area contributed by atoms with Gasteiger partial charge in [-0.25, -0.2) is 0 Å². The van der Waals surface area contributed by atoms with Gasteiger partial charge in [-0.1, -0.05) is 36.2 Å². The van der Waals surface area contributed by atoms with Gasteiger partial charge in [-0.2, -0.15) is 0 Å². The topological polar surface area (TPSA) is 182 Å². The number of hydrogen-bond donors (Lipinski definition) is 3. The Kier molecular flexibility index (Phi) is 21.8. The van der Waals surface area contributed by atoms with E-state index < -0.39 is 35.4 Å². The Balaban J connectivity index is 0.0000110.